The summed E-state index contributed by atoms with van der Waals surface area (Å²) in [5, 5.41) is 0. The maximum Gasteiger partial charge on any atom is 0.500 e. The minimum absolute atomic E-state index is 0.130. The van der Waals surface area contributed by atoms with E-state index >= 15 is 0 Å². The third-order valence-corrected chi connectivity index (χ3v) is 17.5. The van der Waals surface area contributed by atoms with E-state index in [-0.39, 0.29) is 17.6 Å². The Balaban J connectivity index is 1.82. The van der Waals surface area contributed by atoms with Crippen molar-refractivity contribution in [1.82, 2.24) is 0 Å². The summed E-state index contributed by atoms with van der Waals surface area (Å²) in [5.74, 6) is 2.04. The van der Waals surface area contributed by atoms with Gasteiger partial charge in [0.1, 0.15) is 36.9 Å². The Hall–Kier alpha value is -1.85. The van der Waals surface area contributed by atoms with Crippen LogP contribution in [0.2, 0.25) is 12.1 Å². The lowest BCUT2D eigenvalue weighted by Gasteiger charge is -2.31. The molecule has 10 nitrogen and oxygen atoms in total. The molecule has 0 saturated carbocycles. The van der Waals surface area contributed by atoms with Crippen molar-refractivity contribution in [2.75, 3.05) is 66.1 Å². The minimum Gasteiger partial charge on any atom is -0.490 e. The van der Waals surface area contributed by atoms with Crippen LogP contribution in [0.5, 0.6) is 11.5 Å². The van der Waals surface area contributed by atoms with Crippen LogP contribution in [0.4, 0.5) is 0 Å². The Kier molecular flexibility index (Phi) is 21.4. The highest BCUT2D eigenvalue weighted by Crippen LogP contribution is 2.42. The van der Waals surface area contributed by atoms with Gasteiger partial charge in [-0.2, -0.15) is 0 Å². The van der Waals surface area contributed by atoms with E-state index in [1.165, 1.54) is 33.4 Å². The van der Waals surface area contributed by atoms with Gasteiger partial charge >= 0.3 is 17.6 Å². The fraction of sp³-hybridized carbons (Fsp3) is 0.745. The van der Waals surface area contributed by atoms with Crippen molar-refractivity contribution in [3.05, 3.63) is 57.6 Å². The van der Waals surface area contributed by atoms with E-state index in [1.54, 1.807) is 0 Å². The average Bonchev–Trinajstić information content (AvgIpc) is 4.15. The molecule has 0 N–H and O–H groups in total. The molecule has 2 aliphatic rings. The summed E-state index contributed by atoms with van der Waals surface area (Å²) in [6.45, 7) is 27.4. The van der Waals surface area contributed by atoms with E-state index in [9.17, 15) is 0 Å². The van der Waals surface area contributed by atoms with Gasteiger partial charge in [-0.1, -0.05) is 64.8 Å². The molecule has 0 aromatic heterocycles. The zero-order valence-electron chi connectivity index (χ0n) is 38.6. The van der Waals surface area contributed by atoms with Gasteiger partial charge < -0.3 is 45.5 Å². The lowest BCUT2D eigenvalue weighted by molar-refractivity contribution is 0.0700. The molecule has 2 atom stereocenters. The summed E-state index contributed by atoms with van der Waals surface area (Å²) < 4.78 is 62.3. The van der Waals surface area contributed by atoms with Gasteiger partial charge in [-0.25, -0.2) is 0 Å². The zero-order chi connectivity index (χ0) is 42.7. The summed E-state index contributed by atoms with van der Waals surface area (Å²) in [6, 6.07) is 11.1. The van der Waals surface area contributed by atoms with Crippen LogP contribution in [0.3, 0.4) is 0 Å². The van der Waals surface area contributed by atoms with Gasteiger partial charge in [0.15, 0.2) is 0 Å². The van der Waals surface area contributed by atoms with Gasteiger partial charge in [-0.15, -0.1) is 0 Å². The fourth-order valence-corrected chi connectivity index (χ4v) is 13.1. The second-order valence-corrected chi connectivity index (χ2v) is 21.7. The SMILES string of the molecule is CCCCc1cc(C(C)(C)c2cc(CCC[Si](OCC)(OCC)OCC)c(OCC3CO3)c(CCC[Si](OCC)(OCC)OCC)c2)cc(CCCC)c1OCC1CO1. The van der Waals surface area contributed by atoms with Crippen LogP contribution in [0.15, 0.2) is 24.3 Å². The number of hydrogen-bond donors (Lipinski definition) is 0. The first-order valence-corrected chi connectivity index (χ1v) is 27.1. The highest BCUT2D eigenvalue weighted by atomic mass is 28.4. The number of aryl methyl sites for hydroxylation is 4. The molecule has 2 saturated heterocycles. The van der Waals surface area contributed by atoms with Crippen molar-refractivity contribution in [2.24, 2.45) is 0 Å². The molecule has 0 aliphatic carbocycles. The maximum atomic E-state index is 6.79. The smallest absolute Gasteiger partial charge is 0.490 e. The fourth-order valence-electron chi connectivity index (χ4n) is 7.92. The standard InChI is InChI=1S/C47H80O10Si2/c1-11-19-23-37-29-41(30-38(24-20-12-2)45(37)50-35-43-33-48-43)47(9,10)42-31-39(25-21-27-58(52-13-3,53-14-4)54-15-5)46(51-36-44-34-49-44)40(32-42)26-22-28-59(55-16-6,56-17-7)57-18-8/h29-32,43-44H,11-28,33-36H2,1-10H3. The Morgan fingerprint density at radius 1 is 0.492 bits per heavy atom. The number of rotatable bonds is 34. The largest absolute Gasteiger partial charge is 0.500 e. The normalized spacial score (nSPS) is 16.8. The van der Waals surface area contributed by atoms with Crippen molar-refractivity contribution >= 4 is 17.6 Å². The molecule has 2 aromatic rings. The molecule has 0 bridgehead atoms. The highest BCUT2D eigenvalue weighted by Gasteiger charge is 2.41. The molecule has 0 spiro atoms. The molecule has 4 rings (SSSR count). The molecule has 2 aromatic carbocycles. The second kappa shape index (κ2) is 25.3. The zero-order valence-corrected chi connectivity index (χ0v) is 40.6. The molecule has 336 valence electrons. The lowest BCUT2D eigenvalue weighted by atomic mass is 9.75. The van der Waals surface area contributed by atoms with Gasteiger partial charge in [0.25, 0.3) is 0 Å². The first-order valence-electron chi connectivity index (χ1n) is 23.2. The van der Waals surface area contributed by atoms with E-state index in [0.717, 1.165) is 101 Å². The maximum absolute atomic E-state index is 6.79. The first kappa shape index (κ1) is 49.8. The number of ether oxygens (including phenoxy) is 4. The minimum atomic E-state index is -2.84. The van der Waals surface area contributed by atoms with Crippen molar-refractivity contribution in [3.8, 4) is 11.5 Å². The lowest BCUT2D eigenvalue weighted by Crippen LogP contribution is -2.46. The van der Waals surface area contributed by atoms with Crippen molar-refractivity contribution < 1.29 is 45.5 Å². The van der Waals surface area contributed by atoms with Crippen LogP contribution in [-0.4, -0.2) is 95.9 Å². The van der Waals surface area contributed by atoms with Crippen LogP contribution in [0.1, 0.15) is 141 Å². The van der Waals surface area contributed by atoms with E-state index in [2.05, 4.69) is 52.0 Å². The van der Waals surface area contributed by atoms with Crippen LogP contribution < -0.4 is 9.47 Å². The van der Waals surface area contributed by atoms with Gasteiger partial charge in [-0.3, -0.25) is 0 Å². The number of epoxide rings is 2. The van der Waals surface area contributed by atoms with Crippen LogP contribution >= 0.6 is 0 Å². The Bertz CT molecular complexity index is 1400. The van der Waals surface area contributed by atoms with Crippen molar-refractivity contribution in [3.63, 3.8) is 0 Å². The summed E-state index contributed by atoms with van der Waals surface area (Å²) in [4.78, 5) is 0. The molecular formula is C47H80O10Si2. The Morgan fingerprint density at radius 2 is 0.780 bits per heavy atom. The van der Waals surface area contributed by atoms with Crippen molar-refractivity contribution in [2.45, 2.75) is 163 Å². The van der Waals surface area contributed by atoms with E-state index < -0.39 is 17.6 Å². The predicted molar refractivity (Wildman–Crippen MR) is 240 cm³/mol. The molecule has 0 radical (unpaired) electrons. The van der Waals surface area contributed by atoms with Gasteiger partial charge in [-0.05, 0) is 126 Å². The topological polar surface area (TPSA) is 98.9 Å². The van der Waals surface area contributed by atoms with Crippen LogP contribution in [0.25, 0.3) is 0 Å². The van der Waals surface area contributed by atoms with Crippen LogP contribution in [0, 0.1) is 0 Å². The molecule has 59 heavy (non-hydrogen) atoms. The second-order valence-electron chi connectivity index (χ2n) is 16.3. The molecule has 12 heteroatoms. The van der Waals surface area contributed by atoms with Gasteiger partial charge in [0, 0.05) is 57.1 Å². The molecule has 0 amide bonds. The van der Waals surface area contributed by atoms with E-state index in [1.807, 2.05) is 41.5 Å². The molecule has 2 fully saturated rings. The number of benzene rings is 2. The molecule has 2 unspecified atom stereocenters. The molecular weight excluding hydrogens is 781 g/mol. The predicted octanol–water partition coefficient (Wildman–Crippen LogP) is 10.2. The third kappa shape index (κ3) is 15.2. The third-order valence-electron chi connectivity index (χ3n) is 11.2. The summed E-state index contributed by atoms with van der Waals surface area (Å²) in [6.07, 6.45) is 10.1. The average molecular weight is 861 g/mol. The van der Waals surface area contributed by atoms with Crippen molar-refractivity contribution in [1.29, 1.82) is 0 Å². The highest BCUT2D eigenvalue weighted by molar-refractivity contribution is 6.61. The Morgan fingerprint density at radius 3 is 1.03 bits per heavy atom. The number of unbranched alkanes of at least 4 members (excludes halogenated alkanes) is 2. The summed E-state index contributed by atoms with van der Waals surface area (Å²) in [7, 11) is -5.69. The van der Waals surface area contributed by atoms with Gasteiger partial charge in [0.2, 0.25) is 0 Å². The van der Waals surface area contributed by atoms with Gasteiger partial charge in [0.05, 0.1) is 13.2 Å². The Labute approximate surface area is 360 Å². The first-order chi connectivity index (χ1) is 28.6. The van der Waals surface area contributed by atoms with E-state index in [0.29, 0.717) is 52.9 Å². The molecule has 2 aliphatic heterocycles. The quantitative estimate of drug-likeness (QED) is 0.0500. The summed E-state index contributed by atoms with van der Waals surface area (Å²) >= 11 is 0. The molecule has 2 heterocycles. The monoisotopic (exact) mass is 861 g/mol. The number of hydrogen-bond acceptors (Lipinski definition) is 10. The van der Waals surface area contributed by atoms with Crippen LogP contribution in [-0.2, 0) is 67.1 Å². The summed E-state index contributed by atoms with van der Waals surface area (Å²) in [5.41, 5.74) is 7.28. The van der Waals surface area contributed by atoms with E-state index in [4.69, 9.17) is 45.5 Å².